The van der Waals surface area contributed by atoms with E-state index in [0.717, 1.165) is 0 Å². The molecule has 2 N–H and O–H groups in total. The van der Waals surface area contributed by atoms with E-state index in [4.69, 9.17) is 21.1 Å². The molecule has 1 fully saturated rings. The molecule has 0 saturated carbocycles. The Kier molecular flexibility index (Phi) is 6.82. The molecule has 0 spiro atoms. The van der Waals surface area contributed by atoms with E-state index in [1.165, 1.54) is 7.11 Å². The van der Waals surface area contributed by atoms with Crippen LogP contribution in [-0.2, 0) is 4.79 Å². The highest BCUT2D eigenvalue weighted by Gasteiger charge is 2.28. The van der Waals surface area contributed by atoms with Crippen LogP contribution in [0.15, 0.2) is 42.5 Å². The zero-order valence-corrected chi connectivity index (χ0v) is 17.2. The van der Waals surface area contributed by atoms with E-state index in [2.05, 4.69) is 10.6 Å². The number of urea groups is 1. The SMILES string of the molecule is COc1ccccc1NC(=O)C1CCN(C(=O)Nc2cc(Cl)ccc2OC)CC1. The van der Waals surface area contributed by atoms with Crippen LogP contribution in [0.3, 0.4) is 0 Å². The van der Waals surface area contributed by atoms with E-state index in [0.29, 0.717) is 53.8 Å². The third kappa shape index (κ3) is 5.12. The number of anilines is 2. The van der Waals surface area contributed by atoms with Gasteiger partial charge in [-0.3, -0.25) is 4.79 Å². The number of hydrogen-bond acceptors (Lipinski definition) is 4. The molecule has 1 aliphatic heterocycles. The molecule has 0 aromatic heterocycles. The molecule has 7 nitrogen and oxygen atoms in total. The molecular weight excluding hydrogens is 394 g/mol. The molecule has 0 atom stereocenters. The average Bonchev–Trinajstić information content (AvgIpc) is 2.74. The van der Waals surface area contributed by atoms with Crippen LogP contribution in [0.5, 0.6) is 11.5 Å². The Morgan fingerprint density at radius 2 is 1.62 bits per heavy atom. The Labute approximate surface area is 174 Å². The van der Waals surface area contributed by atoms with Crippen LogP contribution < -0.4 is 20.1 Å². The van der Waals surface area contributed by atoms with Crippen LogP contribution in [0, 0.1) is 5.92 Å². The maximum Gasteiger partial charge on any atom is 0.321 e. The Balaban J connectivity index is 1.55. The van der Waals surface area contributed by atoms with Gasteiger partial charge >= 0.3 is 6.03 Å². The summed E-state index contributed by atoms with van der Waals surface area (Å²) in [5, 5.41) is 6.26. The summed E-state index contributed by atoms with van der Waals surface area (Å²) in [6, 6.07) is 12.1. The van der Waals surface area contributed by atoms with Crippen molar-refractivity contribution in [2.45, 2.75) is 12.8 Å². The predicted molar refractivity (Wildman–Crippen MR) is 113 cm³/mol. The Bertz CT molecular complexity index is 882. The third-order valence-electron chi connectivity index (χ3n) is 4.92. The van der Waals surface area contributed by atoms with Gasteiger partial charge in [0.25, 0.3) is 0 Å². The Morgan fingerprint density at radius 3 is 2.31 bits per heavy atom. The minimum absolute atomic E-state index is 0.0638. The molecule has 3 amide bonds. The molecule has 1 saturated heterocycles. The molecular formula is C21H24ClN3O4. The Morgan fingerprint density at radius 1 is 0.966 bits per heavy atom. The number of rotatable bonds is 5. The van der Waals surface area contributed by atoms with Gasteiger partial charge in [-0.15, -0.1) is 0 Å². The third-order valence-corrected chi connectivity index (χ3v) is 5.16. The first kappa shape index (κ1) is 20.8. The van der Waals surface area contributed by atoms with Gasteiger partial charge in [0, 0.05) is 24.0 Å². The fraction of sp³-hybridized carbons (Fsp3) is 0.333. The predicted octanol–water partition coefficient (Wildman–Crippen LogP) is 4.24. The summed E-state index contributed by atoms with van der Waals surface area (Å²) in [6.45, 7) is 0.970. The summed E-state index contributed by atoms with van der Waals surface area (Å²) in [5.41, 5.74) is 1.16. The zero-order valence-electron chi connectivity index (χ0n) is 16.4. The van der Waals surface area contributed by atoms with Crippen molar-refractivity contribution in [2.24, 2.45) is 5.92 Å². The maximum atomic E-state index is 12.6. The van der Waals surface area contributed by atoms with Crippen molar-refractivity contribution in [3.05, 3.63) is 47.5 Å². The lowest BCUT2D eigenvalue weighted by atomic mass is 9.96. The highest BCUT2D eigenvalue weighted by molar-refractivity contribution is 6.31. The van der Waals surface area contributed by atoms with Crippen LogP contribution in [0.1, 0.15) is 12.8 Å². The lowest BCUT2D eigenvalue weighted by Crippen LogP contribution is -2.43. The summed E-state index contributed by atoms with van der Waals surface area (Å²) in [7, 11) is 3.10. The molecule has 0 aliphatic carbocycles. The molecule has 2 aromatic rings. The van der Waals surface area contributed by atoms with Gasteiger partial charge in [-0.1, -0.05) is 23.7 Å². The number of benzene rings is 2. The number of para-hydroxylation sites is 2. The summed E-state index contributed by atoms with van der Waals surface area (Å²) in [6.07, 6.45) is 1.17. The lowest BCUT2D eigenvalue weighted by molar-refractivity contribution is -0.121. The number of carbonyl (C=O) groups excluding carboxylic acids is 2. The number of hydrogen-bond donors (Lipinski definition) is 2. The number of nitrogens with zero attached hydrogens (tertiary/aromatic N) is 1. The quantitative estimate of drug-likeness (QED) is 0.762. The first-order chi connectivity index (χ1) is 14.0. The van der Waals surface area contributed by atoms with Crippen molar-refractivity contribution < 1.29 is 19.1 Å². The molecule has 8 heteroatoms. The van der Waals surface area contributed by atoms with Gasteiger partial charge in [0.05, 0.1) is 25.6 Å². The molecule has 2 aromatic carbocycles. The number of nitrogens with one attached hydrogen (secondary N) is 2. The number of likely N-dealkylation sites (tertiary alicyclic amines) is 1. The number of methoxy groups -OCH3 is 2. The normalized spacial score (nSPS) is 14.2. The second kappa shape index (κ2) is 9.52. The van der Waals surface area contributed by atoms with Crippen molar-refractivity contribution in [3.8, 4) is 11.5 Å². The van der Waals surface area contributed by atoms with Crippen LogP contribution in [0.25, 0.3) is 0 Å². The number of ether oxygens (including phenoxy) is 2. The van der Waals surface area contributed by atoms with E-state index >= 15 is 0 Å². The molecule has 3 rings (SSSR count). The standard InChI is InChI=1S/C21H24ClN3O4/c1-28-18-6-4-3-5-16(18)23-20(26)14-9-11-25(12-10-14)21(27)24-17-13-15(22)7-8-19(17)29-2/h3-8,13-14H,9-12H2,1-2H3,(H,23,26)(H,24,27). The smallest absolute Gasteiger partial charge is 0.321 e. The first-order valence-corrected chi connectivity index (χ1v) is 9.73. The van der Waals surface area contributed by atoms with Crippen LogP contribution in [0.4, 0.5) is 16.2 Å². The van der Waals surface area contributed by atoms with Gasteiger partial charge in [-0.05, 0) is 43.2 Å². The molecule has 154 valence electrons. The van der Waals surface area contributed by atoms with Gasteiger partial charge in [-0.25, -0.2) is 4.79 Å². The minimum Gasteiger partial charge on any atom is -0.495 e. The van der Waals surface area contributed by atoms with E-state index in [1.807, 2.05) is 12.1 Å². The largest absolute Gasteiger partial charge is 0.495 e. The summed E-state index contributed by atoms with van der Waals surface area (Å²) >= 11 is 6.01. The fourth-order valence-corrected chi connectivity index (χ4v) is 3.47. The molecule has 29 heavy (non-hydrogen) atoms. The lowest BCUT2D eigenvalue weighted by Gasteiger charge is -2.31. The minimum atomic E-state index is -0.242. The van der Waals surface area contributed by atoms with E-state index in [-0.39, 0.29) is 17.9 Å². The van der Waals surface area contributed by atoms with Crippen molar-refractivity contribution in [1.29, 1.82) is 0 Å². The number of carbonyl (C=O) groups is 2. The highest BCUT2D eigenvalue weighted by Crippen LogP contribution is 2.29. The second-order valence-electron chi connectivity index (χ2n) is 6.73. The van der Waals surface area contributed by atoms with Crippen molar-refractivity contribution in [2.75, 3.05) is 37.9 Å². The van der Waals surface area contributed by atoms with Gasteiger partial charge in [0.2, 0.25) is 5.91 Å². The van der Waals surface area contributed by atoms with Crippen LogP contribution >= 0.6 is 11.6 Å². The van der Waals surface area contributed by atoms with Gasteiger partial charge in [0.15, 0.2) is 0 Å². The van der Waals surface area contributed by atoms with Crippen molar-refractivity contribution in [3.63, 3.8) is 0 Å². The first-order valence-electron chi connectivity index (χ1n) is 9.35. The highest BCUT2D eigenvalue weighted by atomic mass is 35.5. The number of halogens is 1. The molecule has 0 radical (unpaired) electrons. The summed E-state index contributed by atoms with van der Waals surface area (Å²) in [4.78, 5) is 26.9. The number of piperidine rings is 1. The molecule has 1 aliphatic rings. The monoisotopic (exact) mass is 417 g/mol. The molecule has 0 bridgehead atoms. The van der Waals surface area contributed by atoms with E-state index in [1.54, 1.807) is 42.3 Å². The van der Waals surface area contributed by atoms with E-state index in [9.17, 15) is 9.59 Å². The van der Waals surface area contributed by atoms with Gasteiger partial charge in [-0.2, -0.15) is 0 Å². The molecule has 1 heterocycles. The van der Waals surface area contributed by atoms with E-state index < -0.39 is 0 Å². The van der Waals surface area contributed by atoms with Crippen molar-refractivity contribution in [1.82, 2.24) is 4.90 Å². The van der Waals surface area contributed by atoms with Crippen molar-refractivity contribution >= 4 is 34.9 Å². The summed E-state index contributed by atoms with van der Waals surface area (Å²) < 4.78 is 10.5. The van der Waals surface area contributed by atoms with Crippen LogP contribution in [0.2, 0.25) is 5.02 Å². The molecule has 0 unspecified atom stereocenters. The maximum absolute atomic E-state index is 12.6. The zero-order chi connectivity index (χ0) is 20.8. The fourth-order valence-electron chi connectivity index (χ4n) is 3.30. The van der Waals surface area contributed by atoms with Gasteiger partial charge in [0.1, 0.15) is 11.5 Å². The average molecular weight is 418 g/mol. The van der Waals surface area contributed by atoms with Gasteiger partial charge < -0.3 is 25.0 Å². The van der Waals surface area contributed by atoms with Crippen LogP contribution in [-0.4, -0.2) is 44.1 Å². The topological polar surface area (TPSA) is 79.9 Å². The summed E-state index contributed by atoms with van der Waals surface area (Å²) in [5.74, 6) is 0.928. The number of amides is 3. The second-order valence-corrected chi connectivity index (χ2v) is 7.16. The Hall–Kier alpha value is -2.93.